The summed E-state index contributed by atoms with van der Waals surface area (Å²) in [6.07, 6.45) is 4.27. The van der Waals surface area contributed by atoms with Crippen LogP contribution < -0.4 is 0 Å². The van der Waals surface area contributed by atoms with Gasteiger partial charge in [-0.3, -0.25) is 0 Å². The zero-order valence-corrected chi connectivity index (χ0v) is 16.0. The summed E-state index contributed by atoms with van der Waals surface area (Å²) >= 11 is 7.08. The Bertz CT molecular complexity index is 942. The largest absolute Gasteiger partial charge is 0.361 e. The van der Waals surface area contributed by atoms with E-state index in [1.165, 1.54) is 21.9 Å². The van der Waals surface area contributed by atoms with E-state index in [4.69, 9.17) is 0 Å². The number of hydrogen-bond donors (Lipinski definition) is 2. The molecule has 116 valence electrons. The average Bonchev–Trinajstić information content (AvgIpc) is 3.10. The molecule has 0 radical (unpaired) electrons. The van der Waals surface area contributed by atoms with E-state index in [0.717, 1.165) is 20.0 Å². The summed E-state index contributed by atoms with van der Waals surface area (Å²) in [6.45, 7) is 4.56. The molecule has 0 unspecified atom stereocenters. The number of aromatic nitrogens is 2. The highest BCUT2D eigenvalue weighted by Gasteiger charge is 2.28. The van der Waals surface area contributed by atoms with Crippen LogP contribution in [0.2, 0.25) is 0 Å². The van der Waals surface area contributed by atoms with E-state index < -0.39 is 0 Å². The van der Waals surface area contributed by atoms with Gasteiger partial charge in [0.2, 0.25) is 0 Å². The smallest absolute Gasteiger partial charge is 0.0468 e. The molecule has 4 heteroatoms. The van der Waals surface area contributed by atoms with Gasteiger partial charge in [0, 0.05) is 48.6 Å². The maximum atomic E-state index is 3.54. The van der Waals surface area contributed by atoms with Gasteiger partial charge in [-0.15, -0.1) is 0 Å². The van der Waals surface area contributed by atoms with Crippen molar-refractivity contribution in [2.24, 2.45) is 0 Å². The SMILES string of the molecule is CC(C)(c1c[nH]c2cc(Br)ccc12)c1c[nH]c2cc(Br)ccc12. The highest BCUT2D eigenvalue weighted by Crippen LogP contribution is 2.40. The summed E-state index contributed by atoms with van der Waals surface area (Å²) in [7, 11) is 0. The molecule has 2 aromatic heterocycles. The van der Waals surface area contributed by atoms with Crippen LogP contribution in [0.15, 0.2) is 57.7 Å². The van der Waals surface area contributed by atoms with E-state index in [1.54, 1.807) is 0 Å². The third-order valence-electron chi connectivity index (χ3n) is 4.63. The van der Waals surface area contributed by atoms with Gasteiger partial charge >= 0.3 is 0 Å². The summed E-state index contributed by atoms with van der Waals surface area (Å²) in [4.78, 5) is 6.81. The van der Waals surface area contributed by atoms with Crippen LogP contribution in [0.4, 0.5) is 0 Å². The molecule has 0 spiro atoms. The Morgan fingerprint density at radius 3 is 1.61 bits per heavy atom. The molecule has 0 aliphatic heterocycles. The quantitative estimate of drug-likeness (QED) is 0.363. The van der Waals surface area contributed by atoms with Gasteiger partial charge in [0.15, 0.2) is 0 Å². The predicted octanol–water partition coefficient (Wildman–Crippen LogP) is 6.50. The van der Waals surface area contributed by atoms with Crippen LogP contribution in [0, 0.1) is 0 Å². The Labute approximate surface area is 151 Å². The zero-order chi connectivity index (χ0) is 16.2. The van der Waals surface area contributed by atoms with Crippen LogP contribution in [0.5, 0.6) is 0 Å². The second kappa shape index (κ2) is 5.25. The number of hydrogen-bond acceptors (Lipinski definition) is 0. The third kappa shape index (κ3) is 2.36. The maximum Gasteiger partial charge on any atom is 0.0468 e. The molecule has 2 N–H and O–H groups in total. The van der Waals surface area contributed by atoms with E-state index in [0.29, 0.717) is 0 Å². The lowest BCUT2D eigenvalue weighted by Gasteiger charge is -2.24. The molecule has 4 aromatic rings. The fraction of sp³-hybridized carbons (Fsp3) is 0.158. The molecule has 2 heterocycles. The van der Waals surface area contributed by atoms with Crippen molar-refractivity contribution in [1.29, 1.82) is 0 Å². The van der Waals surface area contributed by atoms with Crippen molar-refractivity contribution in [2.45, 2.75) is 19.3 Å². The minimum Gasteiger partial charge on any atom is -0.361 e. The van der Waals surface area contributed by atoms with Crippen LogP contribution in [0.25, 0.3) is 21.8 Å². The Morgan fingerprint density at radius 2 is 1.17 bits per heavy atom. The Kier molecular flexibility index (Phi) is 3.43. The average molecular weight is 432 g/mol. The van der Waals surface area contributed by atoms with Crippen molar-refractivity contribution in [2.75, 3.05) is 0 Å². The molecule has 0 saturated heterocycles. The van der Waals surface area contributed by atoms with Crippen LogP contribution in [-0.2, 0) is 5.41 Å². The first kappa shape index (κ1) is 15.0. The minimum absolute atomic E-state index is 0.0990. The van der Waals surface area contributed by atoms with E-state index in [-0.39, 0.29) is 5.41 Å². The highest BCUT2D eigenvalue weighted by atomic mass is 79.9. The van der Waals surface area contributed by atoms with Gasteiger partial charge in [-0.05, 0) is 35.4 Å². The van der Waals surface area contributed by atoms with E-state index in [1.807, 2.05) is 0 Å². The topological polar surface area (TPSA) is 31.6 Å². The summed E-state index contributed by atoms with van der Waals surface area (Å²) in [5.74, 6) is 0. The maximum absolute atomic E-state index is 3.54. The molecule has 2 aromatic carbocycles. The molecule has 0 bridgehead atoms. The minimum atomic E-state index is -0.0990. The van der Waals surface area contributed by atoms with Gasteiger partial charge in [0.25, 0.3) is 0 Å². The summed E-state index contributed by atoms with van der Waals surface area (Å²) < 4.78 is 2.18. The van der Waals surface area contributed by atoms with Crippen LogP contribution in [0.3, 0.4) is 0 Å². The van der Waals surface area contributed by atoms with Crippen LogP contribution in [0.1, 0.15) is 25.0 Å². The first-order chi connectivity index (χ1) is 11.0. The summed E-state index contributed by atoms with van der Waals surface area (Å²) in [6, 6.07) is 12.8. The molecule has 0 aliphatic carbocycles. The van der Waals surface area contributed by atoms with Crippen molar-refractivity contribution in [1.82, 2.24) is 9.97 Å². The van der Waals surface area contributed by atoms with E-state index in [2.05, 4.69) is 104 Å². The number of benzene rings is 2. The van der Waals surface area contributed by atoms with Crippen molar-refractivity contribution >= 4 is 53.7 Å². The van der Waals surface area contributed by atoms with Gasteiger partial charge in [0.05, 0.1) is 0 Å². The molecular formula is C19H16Br2N2. The lowest BCUT2D eigenvalue weighted by Crippen LogP contribution is -2.18. The molecule has 0 fully saturated rings. The number of rotatable bonds is 2. The molecular weight excluding hydrogens is 416 g/mol. The highest BCUT2D eigenvalue weighted by molar-refractivity contribution is 9.10. The lowest BCUT2D eigenvalue weighted by molar-refractivity contribution is 0.653. The molecule has 0 aliphatic rings. The first-order valence-electron chi connectivity index (χ1n) is 7.51. The van der Waals surface area contributed by atoms with Crippen molar-refractivity contribution in [3.05, 3.63) is 68.9 Å². The van der Waals surface area contributed by atoms with Crippen molar-refractivity contribution < 1.29 is 0 Å². The van der Waals surface area contributed by atoms with Gasteiger partial charge in [-0.25, -0.2) is 0 Å². The monoisotopic (exact) mass is 430 g/mol. The third-order valence-corrected chi connectivity index (χ3v) is 5.62. The molecule has 0 saturated carbocycles. The molecule has 4 rings (SSSR count). The van der Waals surface area contributed by atoms with Crippen LogP contribution in [-0.4, -0.2) is 9.97 Å². The normalized spacial score (nSPS) is 12.3. The Hall–Kier alpha value is -1.52. The molecule has 0 amide bonds. The fourth-order valence-electron chi connectivity index (χ4n) is 3.38. The fourth-order valence-corrected chi connectivity index (χ4v) is 4.10. The number of nitrogens with one attached hydrogen (secondary N) is 2. The van der Waals surface area contributed by atoms with Gasteiger partial charge in [0.1, 0.15) is 0 Å². The van der Waals surface area contributed by atoms with E-state index >= 15 is 0 Å². The molecule has 2 nitrogen and oxygen atoms in total. The van der Waals surface area contributed by atoms with Gasteiger partial charge in [-0.2, -0.15) is 0 Å². The number of fused-ring (bicyclic) bond motifs is 2. The standard InChI is InChI=1S/C19H16Br2N2/c1-19(2,15-9-22-17-7-11(20)3-5-13(15)17)16-10-23-18-8-12(21)4-6-14(16)18/h3-10,22-23H,1-2H3. The second-order valence-electron chi connectivity index (χ2n) is 6.41. The summed E-state index contributed by atoms with van der Waals surface area (Å²) in [5.41, 5.74) is 4.83. The Balaban J connectivity index is 1.94. The molecule has 23 heavy (non-hydrogen) atoms. The van der Waals surface area contributed by atoms with Gasteiger partial charge < -0.3 is 9.97 Å². The Morgan fingerprint density at radius 1 is 0.739 bits per heavy atom. The predicted molar refractivity (Wildman–Crippen MR) is 104 cm³/mol. The zero-order valence-electron chi connectivity index (χ0n) is 12.9. The van der Waals surface area contributed by atoms with E-state index in [9.17, 15) is 0 Å². The molecule has 0 atom stereocenters. The first-order valence-corrected chi connectivity index (χ1v) is 9.09. The number of H-pyrrole nitrogens is 2. The second-order valence-corrected chi connectivity index (χ2v) is 8.24. The summed E-state index contributed by atoms with van der Waals surface area (Å²) in [5, 5.41) is 2.54. The van der Waals surface area contributed by atoms with Gasteiger partial charge in [-0.1, -0.05) is 57.8 Å². The van der Waals surface area contributed by atoms with Crippen molar-refractivity contribution in [3.8, 4) is 0 Å². The number of aromatic amines is 2. The number of halogens is 2. The lowest BCUT2D eigenvalue weighted by atomic mass is 9.78. The van der Waals surface area contributed by atoms with Crippen molar-refractivity contribution in [3.63, 3.8) is 0 Å². The van der Waals surface area contributed by atoms with Crippen LogP contribution >= 0.6 is 31.9 Å².